The summed E-state index contributed by atoms with van der Waals surface area (Å²) in [6.45, 7) is 4.61. The number of unbranched alkanes of at least 4 members (excludes halogenated alkanes) is 15. The molecule has 0 spiro atoms. The topological polar surface area (TPSA) is 112 Å². The van der Waals surface area contributed by atoms with Gasteiger partial charge in [-0.3, -0.25) is 13.8 Å². The summed E-state index contributed by atoms with van der Waals surface area (Å²) >= 11 is 0. The fourth-order valence-electron chi connectivity index (χ4n) is 4.95. The third-order valence-corrected chi connectivity index (χ3v) is 8.60. The van der Waals surface area contributed by atoms with Crippen molar-refractivity contribution in [3.8, 4) is 0 Å². The Morgan fingerprint density at radius 1 is 0.721 bits per heavy atom. The number of aliphatic hydroxyl groups excluding tert-OH is 1. The Bertz CT molecular complexity index is 688. The lowest BCUT2D eigenvalue weighted by atomic mass is 10.0. The molecule has 0 aliphatic carbocycles. The molecule has 0 aromatic heterocycles. The van der Waals surface area contributed by atoms with Crippen LogP contribution in [0.5, 0.6) is 0 Å². The van der Waals surface area contributed by atoms with Crippen LogP contribution in [-0.4, -0.2) is 86.8 Å². The number of likely N-dealkylation sites (N-methyl/N-ethyl adjacent to an activating group) is 1. The summed E-state index contributed by atoms with van der Waals surface area (Å²) in [5.74, 6) is -0.160. The van der Waals surface area contributed by atoms with Gasteiger partial charge >= 0.3 is 13.8 Å². The van der Waals surface area contributed by atoms with E-state index in [9.17, 15) is 19.4 Å². The van der Waals surface area contributed by atoms with E-state index in [1.807, 2.05) is 28.1 Å². The highest BCUT2D eigenvalue weighted by molar-refractivity contribution is 7.47. The van der Waals surface area contributed by atoms with Crippen molar-refractivity contribution in [3.05, 3.63) is 0 Å². The molecule has 0 aliphatic heterocycles. The van der Waals surface area contributed by atoms with E-state index in [4.69, 9.17) is 18.5 Å². The molecule has 0 saturated heterocycles. The molecule has 0 aliphatic rings. The maximum atomic E-state index is 12.3. The highest BCUT2D eigenvalue weighted by Gasteiger charge is 2.26. The molecule has 0 heterocycles. The van der Waals surface area contributed by atoms with Gasteiger partial charge in [0.2, 0.25) is 0 Å². The van der Waals surface area contributed by atoms with Crippen molar-refractivity contribution in [1.29, 1.82) is 0 Å². The average molecular weight is 639 g/mol. The summed E-state index contributed by atoms with van der Waals surface area (Å²) in [5, 5.41) is 9.90. The lowest BCUT2D eigenvalue weighted by Crippen LogP contribution is -2.37. The number of carbonyl (C=O) groups excluding carboxylic acids is 1. The minimum atomic E-state index is -4.23. The molecule has 0 fully saturated rings. The first-order chi connectivity index (χ1) is 20.5. The van der Waals surface area contributed by atoms with Gasteiger partial charge in [-0.05, 0) is 26.2 Å². The molecule has 2 N–H and O–H groups in total. The first kappa shape index (κ1) is 42.5. The van der Waals surface area contributed by atoms with Crippen LogP contribution in [0.2, 0.25) is 0 Å². The summed E-state index contributed by atoms with van der Waals surface area (Å²) < 4.78 is 34.3. The Labute approximate surface area is 264 Å². The second-order valence-corrected chi connectivity index (χ2v) is 14.4. The summed E-state index contributed by atoms with van der Waals surface area (Å²) in [5.41, 5.74) is 0. The highest BCUT2D eigenvalue weighted by Crippen LogP contribution is 2.43. The third-order valence-electron chi connectivity index (χ3n) is 7.62. The lowest BCUT2D eigenvalue weighted by Gasteiger charge is -2.26. The minimum Gasteiger partial charge on any atom is -0.466 e. The SMILES string of the molecule is CCCCCCCCCCCCCCCC[C@H](CCCCCC(=O)OCC)O[C@@H](CO)COP(=O)(O)OCC[N+](C)(C)C. The van der Waals surface area contributed by atoms with Crippen LogP contribution in [0, 0.1) is 0 Å². The van der Waals surface area contributed by atoms with Gasteiger partial charge in [0.1, 0.15) is 19.3 Å². The molecule has 10 heteroatoms. The second-order valence-electron chi connectivity index (χ2n) is 13.0. The van der Waals surface area contributed by atoms with E-state index in [2.05, 4.69) is 6.92 Å². The van der Waals surface area contributed by atoms with E-state index < -0.39 is 13.9 Å². The number of nitrogens with zero attached hydrogens (tertiary/aromatic N) is 1. The number of aliphatic hydroxyl groups is 1. The number of rotatable bonds is 32. The van der Waals surface area contributed by atoms with E-state index in [1.165, 1.54) is 77.0 Å². The highest BCUT2D eigenvalue weighted by atomic mass is 31.2. The zero-order chi connectivity index (χ0) is 32.2. The van der Waals surface area contributed by atoms with Crippen molar-refractivity contribution in [2.75, 3.05) is 54.1 Å². The Hall–Kier alpha value is -0.540. The van der Waals surface area contributed by atoms with Crippen LogP contribution in [0.15, 0.2) is 0 Å². The number of quaternary nitrogens is 1. The smallest absolute Gasteiger partial charge is 0.466 e. The van der Waals surface area contributed by atoms with Crippen molar-refractivity contribution in [2.24, 2.45) is 0 Å². The van der Waals surface area contributed by atoms with Gasteiger partial charge in [0.15, 0.2) is 0 Å². The Balaban J connectivity index is 4.44. The number of hydrogen-bond acceptors (Lipinski definition) is 7. The summed E-state index contributed by atoms with van der Waals surface area (Å²) in [4.78, 5) is 21.7. The zero-order valence-electron chi connectivity index (χ0n) is 28.6. The van der Waals surface area contributed by atoms with Crippen molar-refractivity contribution in [1.82, 2.24) is 0 Å². The Kier molecular flexibility index (Phi) is 27.4. The molecule has 3 atom stereocenters. The van der Waals surface area contributed by atoms with Crippen molar-refractivity contribution in [3.63, 3.8) is 0 Å². The van der Waals surface area contributed by atoms with E-state index in [0.29, 0.717) is 24.1 Å². The van der Waals surface area contributed by atoms with Crippen LogP contribution < -0.4 is 0 Å². The van der Waals surface area contributed by atoms with E-state index >= 15 is 0 Å². The second kappa shape index (κ2) is 27.7. The number of carbonyl (C=O) groups is 1. The molecule has 9 nitrogen and oxygen atoms in total. The Morgan fingerprint density at radius 3 is 1.67 bits per heavy atom. The predicted octanol–water partition coefficient (Wildman–Crippen LogP) is 7.96. The maximum absolute atomic E-state index is 12.3. The first-order valence-electron chi connectivity index (χ1n) is 17.4. The van der Waals surface area contributed by atoms with Crippen molar-refractivity contribution in [2.45, 2.75) is 154 Å². The van der Waals surface area contributed by atoms with Gasteiger partial charge in [-0.25, -0.2) is 4.57 Å². The molecule has 1 unspecified atom stereocenters. The molecule has 0 saturated carbocycles. The number of hydrogen-bond donors (Lipinski definition) is 2. The van der Waals surface area contributed by atoms with Crippen molar-refractivity contribution >= 4 is 13.8 Å². The van der Waals surface area contributed by atoms with Crippen LogP contribution in [-0.2, 0) is 27.9 Å². The first-order valence-corrected chi connectivity index (χ1v) is 18.9. The number of phosphoric acid groups is 1. The van der Waals surface area contributed by atoms with E-state index in [-0.39, 0.29) is 31.9 Å². The fourth-order valence-corrected chi connectivity index (χ4v) is 5.69. The van der Waals surface area contributed by atoms with E-state index in [1.54, 1.807) is 0 Å². The van der Waals surface area contributed by atoms with Gasteiger partial charge in [0.25, 0.3) is 0 Å². The van der Waals surface area contributed by atoms with Gasteiger partial charge in [0.05, 0.1) is 47.1 Å². The third kappa shape index (κ3) is 29.9. The molecule has 43 heavy (non-hydrogen) atoms. The van der Waals surface area contributed by atoms with Gasteiger partial charge < -0.3 is 24.0 Å². The molecule has 258 valence electrons. The standard InChI is InChI=1S/C33H68NO8P/c1-6-8-9-10-11-12-13-14-15-16-17-18-19-21-24-31(25-22-20-23-26-33(36)39-7-2)42-32(29-35)30-41-43(37,38)40-28-27-34(3,4)5/h31-32,35H,6-30H2,1-5H3/p+1/t31-,32+/m1/s1. The quantitative estimate of drug-likeness (QED) is 0.0330. The summed E-state index contributed by atoms with van der Waals surface area (Å²) in [6, 6.07) is 0. The van der Waals surface area contributed by atoms with Gasteiger partial charge in [-0.15, -0.1) is 0 Å². The number of ether oxygens (including phenoxy) is 2. The van der Waals surface area contributed by atoms with Gasteiger partial charge in [-0.1, -0.05) is 110 Å². The van der Waals surface area contributed by atoms with Crippen LogP contribution >= 0.6 is 7.82 Å². The molecular formula is C33H69NO8P+. The van der Waals surface area contributed by atoms with Gasteiger partial charge in [0, 0.05) is 6.42 Å². The van der Waals surface area contributed by atoms with Crippen LogP contribution in [0.3, 0.4) is 0 Å². The molecule has 0 rings (SSSR count). The fraction of sp³-hybridized carbons (Fsp3) is 0.970. The van der Waals surface area contributed by atoms with Gasteiger partial charge in [-0.2, -0.15) is 0 Å². The zero-order valence-corrected chi connectivity index (χ0v) is 29.5. The molecule has 0 amide bonds. The molecule has 0 bridgehead atoms. The maximum Gasteiger partial charge on any atom is 0.472 e. The molecular weight excluding hydrogens is 569 g/mol. The minimum absolute atomic E-state index is 0.0853. The summed E-state index contributed by atoms with van der Waals surface area (Å²) in [6.07, 6.45) is 22.1. The van der Waals surface area contributed by atoms with Crippen LogP contribution in [0.1, 0.15) is 142 Å². The van der Waals surface area contributed by atoms with E-state index in [0.717, 1.165) is 44.9 Å². The monoisotopic (exact) mass is 638 g/mol. The number of esters is 1. The number of phosphoric ester groups is 1. The molecule has 0 radical (unpaired) electrons. The predicted molar refractivity (Wildman–Crippen MR) is 175 cm³/mol. The lowest BCUT2D eigenvalue weighted by molar-refractivity contribution is -0.870. The molecule has 0 aromatic carbocycles. The van der Waals surface area contributed by atoms with Crippen molar-refractivity contribution < 1.29 is 42.4 Å². The van der Waals surface area contributed by atoms with Crippen LogP contribution in [0.4, 0.5) is 0 Å². The average Bonchev–Trinajstić information content (AvgIpc) is 2.94. The Morgan fingerprint density at radius 2 is 1.21 bits per heavy atom. The molecule has 0 aromatic rings. The van der Waals surface area contributed by atoms with Crippen LogP contribution in [0.25, 0.3) is 0 Å². The summed E-state index contributed by atoms with van der Waals surface area (Å²) in [7, 11) is 1.68. The normalized spacial score (nSPS) is 14.9. The largest absolute Gasteiger partial charge is 0.472 e.